The molecule has 0 aliphatic carbocycles. The molecule has 0 aliphatic heterocycles. The van der Waals surface area contributed by atoms with Crippen molar-refractivity contribution < 1.29 is 8.91 Å². The summed E-state index contributed by atoms with van der Waals surface area (Å²) in [5, 5.41) is 4.33. The second-order valence-electron chi connectivity index (χ2n) is 4.38. The molecular formula is C15H9ClFIN2O. The summed E-state index contributed by atoms with van der Waals surface area (Å²) in [5.41, 5.74) is 7.38. The van der Waals surface area contributed by atoms with E-state index in [1.807, 2.05) is 6.07 Å². The quantitative estimate of drug-likeness (QED) is 0.601. The van der Waals surface area contributed by atoms with E-state index in [-0.39, 0.29) is 11.6 Å². The molecule has 3 aromatic rings. The Morgan fingerprint density at radius 3 is 2.67 bits per heavy atom. The molecule has 0 amide bonds. The number of nitrogens with zero attached hydrogens (tertiary/aromatic N) is 1. The molecule has 0 spiro atoms. The number of anilines is 1. The van der Waals surface area contributed by atoms with Crippen molar-refractivity contribution in [3.8, 4) is 22.5 Å². The first-order valence-corrected chi connectivity index (χ1v) is 7.49. The minimum atomic E-state index is -0.384. The lowest BCUT2D eigenvalue weighted by Gasteiger charge is -2.06. The fourth-order valence-corrected chi connectivity index (χ4v) is 2.83. The van der Waals surface area contributed by atoms with Gasteiger partial charge in [-0.05, 0) is 46.9 Å². The van der Waals surface area contributed by atoms with Gasteiger partial charge in [-0.1, -0.05) is 35.0 Å². The van der Waals surface area contributed by atoms with Gasteiger partial charge >= 0.3 is 0 Å². The van der Waals surface area contributed by atoms with Crippen LogP contribution in [0, 0.1) is 9.39 Å². The number of aromatic nitrogens is 1. The highest BCUT2D eigenvalue weighted by molar-refractivity contribution is 14.1. The number of halogens is 3. The van der Waals surface area contributed by atoms with E-state index < -0.39 is 0 Å². The van der Waals surface area contributed by atoms with E-state index in [2.05, 4.69) is 27.7 Å². The van der Waals surface area contributed by atoms with Crippen molar-refractivity contribution in [2.75, 3.05) is 5.73 Å². The predicted molar refractivity (Wildman–Crippen MR) is 89.5 cm³/mol. The SMILES string of the molecule is Nc1noc(-c2cc(Cl)ccc2I)c1-c1ccccc1F. The molecule has 1 heterocycles. The third-order valence-electron chi connectivity index (χ3n) is 3.03. The van der Waals surface area contributed by atoms with Crippen molar-refractivity contribution in [2.24, 2.45) is 0 Å². The van der Waals surface area contributed by atoms with E-state index >= 15 is 0 Å². The van der Waals surface area contributed by atoms with Crippen LogP contribution in [0.4, 0.5) is 10.2 Å². The zero-order valence-corrected chi connectivity index (χ0v) is 13.5. The molecule has 0 saturated carbocycles. The predicted octanol–water partition coefficient (Wildman–Crippen LogP) is 4.99. The van der Waals surface area contributed by atoms with Gasteiger partial charge in [-0.15, -0.1) is 0 Å². The maximum absolute atomic E-state index is 14.1. The van der Waals surface area contributed by atoms with Crippen LogP contribution >= 0.6 is 34.2 Å². The highest BCUT2D eigenvalue weighted by Crippen LogP contribution is 2.40. The van der Waals surface area contributed by atoms with Gasteiger partial charge in [-0.25, -0.2) is 4.39 Å². The summed E-state index contributed by atoms with van der Waals surface area (Å²) in [6, 6.07) is 11.7. The summed E-state index contributed by atoms with van der Waals surface area (Å²) in [7, 11) is 0. The third-order valence-corrected chi connectivity index (χ3v) is 4.21. The van der Waals surface area contributed by atoms with Crippen LogP contribution in [0.25, 0.3) is 22.5 Å². The molecule has 2 aromatic carbocycles. The van der Waals surface area contributed by atoms with Crippen molar-refractivity contribution >= 4 is 40.0 Å². The van der Waals surface area contributed by atoms with E-state index in [4.69, 9.17) is 21.9 Å². The van der Waals surface area contributed by atoms with Crippen molar-refractivity contribution in [1.82, 2.24) is 5.16 Å². The van der Waals surface area contributed by atoms with Crippen molar-refractivity contribution in [2.45, 2.75) is 0 Å². The van der Waals surface area contributed by atoms with Crippen molar-refractivity contribution in [3.63, 3.8) is 0 Å². The van der Waals surface area contributed by atoms with Gasteiger partial charge in [-0.2, -0.15) is 0 Å². The highest BCUT2D eigenvalue weighted by atomic mass is 127. The molecule has 0 bridgehead atoms. The summed E-state index contributed by atoms with van der Waals surface area (Å²) in [6.07, 6.45) is 0. The van der Waals surface area contributed by atoms with E-state index in [9.17, 15) is 4.39 Å². The van der Waals surface area contributed by atoms with Crippen molar-refractivity contribution in [3.05, 3.63) is 56.9 Å². The fourth-order valence-electron chi connectivity index (χ4n) is 2.08. The topological polar surface area (TPSA) is 52.0 Å². The average molecular weight is 415 g/mol. The maximum Gasteiger partial charge on any atom is 0.178 e. The molecule has 0 atom stereocenters. The Morgan fingerprint density at radius 1 is 1.14 bits per heavy atom. The van der Waals surface area contributed by atoms with Crippen LogP contribution in [0.3, 0.4) is 0 Å². The van der Waals surface area contributed by atoms with Gasteiger partial charge in [0.25, 0.3) is 0 Å². The van der Waals surface area contributed by atoms with Gasteiger partial charge in [0.05, 0.1) is 5.56 Å². The molecule has 3 nitrogen and oxygen atoms in total. The van der Waals surface area contributed by atoms with E-state index in [1.165, 1.54) is 6.07 Å². The second-order valence-corrected chi connectivity index (χ2v) is 5.97. The summed E-state index contributed by atoms with van der Waals surface area (Å²) < 4.78 is 20.3. The molecule has 3 rings (SSSR count). The van der Waals surface area contributed by atoms with Crippen LogP contribution in [-0.4, -0.2) is 5.16 Å². The lowest BCUT2D eigenvalue weighted by Crippen LogP contribution is -1.92. The van der Waals surface area contributed by atoms with Crippen LogP contribution in [0.5, 0.6) is 0 Å². The molecule has 0 aliphatic rings. The molecule has 0 radical (unpaired) electrons. The summed E-state index contributed by atoms with van der Waals surface area (Å²) in [4.78, 5) is 0. The lowest BCUT2D eigenvalue weighted by molar-refractivity contribution is 0.436. The molecule has 0 saturated heterocycles. The lowest BCUT2D eigenvalue weighted by atomic mass is 10.0. The number of benzene rings is 2. The van der Waals surface area contributed by atoms with E-state index in [0.29, 0.717) is 21.9 Å². The Bertz CT molecular complexity index is 819. The Labute approximate surface area is 139 Å². The third kappa shape index (κ3) is 2.63. The molecule has 1 aromatic heterocycles. The highest BCUT2D eigenvalue weighted by Gasteiger charge is 2.21. The Balaban J connectivity index is 2.27. The van der Waals surface area contributed by atoms with Gasteiger partial charge in [0.2, 0.25) is 0 Å². The molecule has 0 fully saturated rings. The zero-order chi connectivity index (χ0) is 15.0. The largest absolute Gasteiger partial charge is 0.380 e. The number of nitrogen functional groups attached to an aromatic ring is 1. The van der Waals surface area contributed by atoms with Crippen LogP contribution in [0.15, 0.2) is 47.0 Å². The number of hydrogen-bond acceptors (Lipinski definition) is 3. The van der Waals surface area contributed by atoms with Gasteiger partial charge in [0.15, 0.2) is 11.6 Å². The minimum Gasteiger partial charge on any atom is -0.380 e. The molecule has 6 heteroatoms. The second kappa shape index (κ2) is 5.65. The number of rotatable bonds is 2. The number of hydrogen-bond donors (Lipinski definition) is 1. The first-order valence-electron chi connectivity index (χ1n) is 6.03. The minimum absolute atomic E-state index is 0.144. The van der Waals surface area contributed by atoms with Crippen molar-refractivity contribution in [1.29, 1.82) is 0 Å². The van der Waals surface area contributed by atoms with Gasteiger partial charge in [0, 0.05) is 19.7 Å². The maximum atomic E-state index is 14.1. The first kappa shape index (κ1) is 14.3. The Morgan fingerprint density at radius 2 is 1.90 bits per heavy atom. The Kier molecular flexibility index (Phi) is 3.86. The molecule has 0 unspecified atom stereocenters. The van der Waals surface area contributed by atoms with Crippen LogP contribution < -0.4 is 5.73 Å². The van der Waals surface area contributed by atoms with Crippen LogP contribution in [-0.2, 0) is 0 Å². The van der Waals surface area contributed by atoms with Gasteiger partial charge in [0.1, 0.15) is 5.82 Å². The number of nitrogens with two attached hydrogens (primary N) is 1. The summed E-state index contributed by atoms with van der Waals surface area (Å²) >= 11 is 8.19. The molecule has 2 N–H and O–H groups in total. The fraction of sp³-hybridized carbons (Fsp3) is 0. The first-order chi connectivity index (χ1) is 10.1. The van der Waals surface area contributed by atoms with E-state index in [0.717, 1.165) is 9.13 Å². The average Bonchev–Trinajstić information content (AvgIpc) is 2.84. The Hall–Kier alpha value is -1.60. The normalized spacial score (nSPS) is 10.8. The van der Waals surface area contributed by atoms with Gasteiger partial charge < -0.3 is 10.3 Å². The summed E-state index contributed by atoms with van der Waals surface area (Å²) in [6.45, 7) is 0. The van der Waals surface area contributed by atoms with Gasteiger partial charge in [-0.3, -0.25) is 0 Å². The summed E-state index contributed by atoms with van der Waals surface area (Å²) in [5.74, 6) is 0.168. The molecule has 21 heavy (non-hydrogen) atoms. The molecular weight excluding hydrogens is 406 g/mol. The zero-order valence-electron chi connectivity index (χ0n) is 10.6. The smallest absolute Gasteiger partial charge is 0.178 e. The monoisotopic (exact) mass is 414 g/mol. The molecule has 106 valence electrons. The van der Waals surface area contributed by atoms with E-state index in [1.54, 1.807) is 30.3 Å². The van der Waals surface area contributed by atoms with Crippen LogP contribution in [0.1, 0.15) is 0 Å². The van der Waals surface area contributed by atoms with Crippen LogP contribution in [0.2, 0.25) is 5.02 Å². The standard InChI is InChI=1S/C15H9ClFIN2O/c16-8-5-6-12(18)10(7-8)14-13(15(19)20-21-14)9-3-1-2-4-11(9)17/h1-7H,(H2,19,20).